The Labute approximate surface area is 797 Å². The van der Waals surface area contributed by atoms with Crippen LogP contribution in [0.2, 0.25) is 0 Å². The molecule has 0 amide bonds. The van der Waals surface area contributed by atoms with Crippen LogP contribution in [-0.4, -0.2) is 340 Å². The maximum Gasteiger partial charge on any atom is 0.108 e. The molecular weight excluding hydrogens is 1650 g/mol. The maximum atomic E-state index is 6.04. The Kier molecular flexibility index (Phi) is 42.0. The zero-order valence-electron chi connectivity index (χ0n) is 83.8. The predicted molar refractivity (Wildman–Crippen MR) is 574 cm³/mol. The average molecular weight is 1840 g/mol. The Hall–Kier alpha value is -10.0. The van der Waals surface area contributed by atoms with Crippen LogP contribution in [0.15, 0.2) is 127 Å². The van der Waals surface area contributed by atoms with Gasteiger partial charge < -0.3 is 155 Å². The second-order valence-corrected chi connectivity index (χ2v) is 41.5. The lowest BCUT2D eigenvalue weighted by atomic mass is 10.1. The molecule has 7 fully saturated rings. The van der Waals surface area contributed by atoms with Gasteiger partial charge >= 0.3 is 0 Å². The van der Waals surface area contributed by atoms with E-state index in [9.17, 15) is 0 Å². The number of anilines is 21. The summed E-state index contributed by atoms with van der Waals surface area (Å²) >= 11 is 0. The summed E-state index contributed by atoms with van der Waals surface area (Å²) in [5, 5.41) is 0. The van der Waals surface area contributed by atoms with Crippen molar-refractivity contribution < 1.29 is 40.9 Å². The van der Waals surface area contributed by atoms with Crippen LogP contribution in [0, 0.1) is 0 Å². The lowest BCUT2D eigenvalue weighted by Gasteiger charge is -2.39. The standard InChI is InChI=1S/C15H27N4O.3C15H27N4.C14H25N4O.C14H25N4.C13H23N4.CH4/c1-18(15-5-4-13(16)12-14(15)17)6-3-7-19(2)8-10-20-11-9-19;1-18(15-7-6-13(16)12-14(15)17)8-5-11-19(2)9-3-4-10-19;2*1-18(15-7-6-13(16)12-14(15)17)8-11-19(2)9-4-3-5-10-19;1-17(14-4-3-12(15)11-13(14)16)5-6-18(2)7-9-19-10-8-18;1-17(7-10-18(2)8-3-4-9-18)14-6-5-12(15)11-13(14)16;1-17(2,3)11-6-7-16(9-11)13-5-4-10(14)8-12(13)15;/h4-5,12H,3,6-11,16-17H2,1-2H3;3*6-7,12H,3-5,8-11,16-17H2,1-2H3;3-4,11H,5-10,15-16H2,1-2H3;5-6,11H,3-4,7-10,15-16H2,1-2H3;4-5,8,11H,6-7,9,14-15H2,1-3H3;1H4/q7*+1;. The van der Waals surface area contributed by atoms with Crippen molar-refractivity contribution in [2.45, 2.75) is 96.9 Å². The highest BCUT2D eigenvalue weighted by atomic mass is 16.5. The summed E-state index contributed by atoms with van der Waals surface area (Å²) in [6.45, 7) is 33.8. The summed E-state index contributed by atoms with van der Waals surface area (Å²) in [7, 11) is 33.4. The topological polar surface area (TPSA) is 405 Å². The molecule has 0 aromatic heterocycles. The first-order chi connectivity index (χ1) is 61.9. The molecular formula is C102H185N28O2+7. The number of nitrogens with two attached hydrogens (primary N) is 14. The molecule has 7 saturated heterocycles. The minimum Gasteiger partial charge on any atom is -0.399 e. The van der Waals surface area contributed by atoms with E-state index < -0.39 is 0 Å². The molecule has 30 heteroatoms. The second-order valence-electron chi connectivity index (χ2n) is 41.5. The molecule has 14 rings (SSSR count). The smallest absolute Gasteiger partial charge is 0.108 e. The highest BCUT2D eigenvalue weighted by Gasteiger charge is 2.35. The Bertz CT molecular complexity index is 4370. The zero-order chi connectivity index (χ0) is 95.9. The van der Waals surface area contributed by atoms with Gasteiger partial charge in [-0.1, -0.05) is 7.43 Å². The molecule has 28 N–H and O–H groups in total. The van der Waals surface area contributed by atoms with Crippen LogP contribution < -0.4 is 115 Å². The third-order valence-corrected chi connectivity index (χ3v) is 28.9. The first-order valence-corrected chi connectivity index (χ1v) is 48.4. The van der Waals surface area contributed by atoms with Gasteiger partial charge in [-0.3, -0.25) is 0 Å². The average Bonchev–Trinajstić information content (AvgIpc) is 1.68. The Morgan fingerprint density at radius 3 is 0.735 bits per heavy atom. The summed E-state index contributed by atoms with van der Waals surface area (Å²) in [5.74, 6) is 0. The molecule has 7 aliphatic rings. The summed E-state index contributed by atoms with van der Waals surface area (Å²) in [4.78, 5) is 15.7. The quantitative estimate of drug-likeness (QED) is 0.0160. The number of likely N-dealkylation sites (N-methyl/N-ethyl adjacent to an activating group) is 10. The molecule has 1 atom stereocenters. The monoisotopic (exact) mass is 1830 g/mol. The maximum absolute atomic E-state index is 6.04. The molecule has 0 radical (unpaired) electrons. The third-order valence-electron chi connectivity index (χ3n) is 28.9. The molecule has 0 spiro atoms. The third kappa shape index (κ3) is 35.1. The fourth-order valence-corrected chi connectivity index (χ4v) is 19.3. The van der Waals surface area contributed by atoms with Crippen molar-refractivity contribution in [3.05, 3.63) is 127 Å². The zero-order valence-corrected chi connectivity index (χ0v) is 83.8. The summed E-state index contributed by atoms with van der Waals surface area (Å²) in [6, 6.07) is 40.9. The van der Waals surface area contributed by atoms with Crippen molar-refractivity contribution in [1.29, 1.82) is 0 Å². The number of piperidine rings is 2. The van der Waals surface area contributed by atoms with E-state index in [2.05, 4.69) is 140 Å². The first kappa shape index (κ1) is 109. The van der Waals surface area contributed by atoms with E-state index in [0.717, 1.165) is 239 Å². The lowest BCUT2D eigenvalue weighted by molar-refractivity contribution is -0.916. The van der Waals surface area contributed by atoms with Gasteiger partial charge in [0.15, 0.2) is 0 Å². The first-order valence-electron chi connectivity index (χ1n) is 48.4. The molecule has 30 nitrogen and oxygen atoms in total. The van der Waals surface area contributed by atoms with Crippen molar-refractivity contribution in [1.82, 2.24) is 0 Å². The number of hydrogen-bond acceptors (Lipinski definition) is 23. The summed E-state index contributed by atoms with van der Waals surface area (Å²) in [5.41, 5.74) is 100. The number of likely N-dealkylation sites (tertiary alicyclic amines) is 4. The van der Waals surface area contributed by atoms with E-state index >= 15 is 0 Å². The molecule has 7 aromatic rings. The van der Waals surface area contributed by atoms with E-state index in [0.29, 0.717) is 17.4 Å². The van der Waals surface area contributed by atoms with Gasteiger partial charge in [-0.25, -0.2) is 0 Å². The molecule has 7 aliphatic heterocycles. The molecule has 1 unspecified atom stereocenters. The van der Waals surface area contributed by atoms with Gasteiger partial charge in [0.1, 0.15) is 32.2 Å². The van der Waals surface area contributed by atoms with Crippen LogP contribution in [0.3, 0.4) is 0 Å². The molecule has 0 aliphatic carbocycles. The number of morpholine rings is 2. The molecule has 7 aromatic carbocycles. The van der Waals surface area contributed by atoms with E-state index in [1.54, 1.807) is 0 Å². The number of quaternary nitrogens is 7. The number of nitrogens with zero attached hydrogens (tertiary/aromatic N) is 14. The van der Waals surface area contributed by atoms with Gasteiger partial charge in [-0.15, -0.1) is 0 Å². The van der Waals surface area contributed by atoms with Crippen LogP contribution in [0.4, 0.5) is 119 Å². The number of rotatable bonds is 28. The van der Waals surface area contributed by atoms with Gasteiger partial charge in [-0.05, 0) is 166 Å². The normalized spacial score (nSPS) is 18.2. The highest BCUT2D eigenvalue weighted by molar-refractivity contribution is 5.77. The van der Waals surface area contributed by atoms with Crippen molar-refractivity contribution in [3.8, 4) is 0 Å². The largest absolute Gasteiger partial charge is 0.399 e. The van der Waals surface area contributed by atoms with Gasteiger partial charge in [-0.2, -0.15) is 0 Å². The number of benzene rings is 7. The Morgan fingerprint density at radius 1 is 0.288 bits per heavy atom. The van der Waals surface area contributed by atoms with E-state index in [1.807, 2.05) is 127 Å². The van der Waals surface area contributed by atoms with E-state index in [1.165, 1.54) is 180 Å². The second kappa shape index (κ2) is 50.9. The fourth-order valence-electron chi connectivity index (χ4n) is 19.3. The van der Waals surface area contributed by atoms with Crippen molar-refractivity contribution in [2.24, 2.45) is 0 Å². The molecule has 0 saturated carbocycles. The molecule has 7 heterocycles. The minimum atomic E-state index is 0. The van der Waals surface area contributed by atoms with Gasteiger partial charge in [0.2, 0.25) is 0 Å². The Morgan fingerprint density at radius 2 is 0.500 bits per heavy atom. The minimum absolute atomic E-state index is 0. The van der Waals surface area contributed by atoms with Crippen LogP contribution in [0.1, 0.15) is 90.9 Å². The van der Waals surface area contributed by atoms with Gasteiger partial charge in [0.25, 0.3) is 0 Å². The van der Waals surface area contributed by atoms with E-state index in [4.69, 9.17) is 89.7 Å². The van der Waals surface area contributed by atoms with Crippen molar-refractivity contribution >= 4 is 119 Å². The van der Waals surface area contributed by atoms with Crippen LogP contribution >= 0.6 is 0 Å². The van der Waals surface area contributed by atoms with Gasteiger partial charge in [0.05, 0.1) is 294 Å². The lowest BCUT2D eigenvalue weighted by Crippen LogP contribution is -2.54. The van der Waals surface area contributed by atoms with Crippen LogP contribution in [0.25, 0.3) is 0 Å². The Balaban J connectivity index is 0.000000210. The van der Waals surface area contributed by atoms with Crippen LogP contribution in [-0.2, 0) is 9.47 Å². The SMILES string of the molecule is C.CN(CCC[N+]1(C)CCCC1)c1ccc(N)cc1N.CN(CCC[N+]1(C)CCOCC1)c1ccc(N)cc1N.CN(CC[N+]1(C)CCCC1)c1ccc(N)cc1N.CN(CC[N+]1(C)CCCCC1)c1ccc(N)cc1N.CN(CC[N+]1(C)CCCCC1)c1ccc(N)cc1N.CN(CC[N+]1(C)CCOCC1)c1ccc(N)cc1N.C[N+](C)(C)C1CCN(c2ccc(N)cc2N)C1. The van der Waals surface area contributed by atoms with Crippen molar-refractivity contribution in [2.75, 3.05) is 417 Å². The number of nitrogen functional groups attached to an aromatic ring is 14. The van der Waals surface area contributed by atoms with E-state index in [-0.39, 0.29) is 7.43 Å². The number of ether oxygens (including phenoxy) is 2. The molecule has 132 heavy (non-hydrogen) atoms. The predicted octanol–water partition coefficient (Wildman–Crippen LogP) is 11.0. The number of hydrogen-bond donors (Lipinski definition) is 14. The summed E-state index contributed by atoms with van der Waals surface area (Å²) in [6.07, 6.45) is 17.3. The molecule has 738 valence electrons. The fraction of sp³-hybridized carbons (Fsp3) is 0.588. The molecule has 0 bridgehead atoms. The van der Waals surface area contributed by atoms with Crippen LogP contribution in [0.5, 0.6) is 0 Å². The van der Waals surface area contributed by atoms with Gasteiger partial charge in [0, 0.05) is 147 Å². The summed E-state index contributed by atoms with van der Waals surface area (Å²) < 4.78 is 18.9. The van der Waals surface area contributed by atoms with Crippen molar-refractivity contribution in [3.63, 3.8) is 0 Å². The highest BCUT2D eigenvalue weighted by Crippen LogP contribution is 2.34.